The second-order valence-electron chi connectivity index (χ2n) is 14.7. The predicted octanol–water partition coefficient (Wildman–Crippen LogP) is 13.6. The summed E-state index contributed by atoms with van der Waals surface area (Å²) >= 11 is 0. The van der Waals surface area contributed by atoms with Crippen molar-refractivity contribution in [2.75, 3.05) is 0 Å². The molecule has 1 aliphatic rings. The zero-order valence-corrected chi connectivity index (χ0v) is 30.8. The summed E-state index contributed by atoms with van der Waals surface area (Å²) in [5, 5.41) is 8.56. The lowest BCUT2D eigenvalue weighted by Crippen LogP contribution is -2.01. The maximum absolute atomic E-state index is 5.11. The molecular formula is C53H32N4. The Balaban J connectivity index is 1.12. The Labute approximate surface area is 329 Å². The first-order valence-corrected chi connectivity index (χ1v) is 19.4. The molecule has 264 valence electrons. The summed E-state index contributed by atoms with van der Waals surface area (Å²) < 4.78 is 2.39. The Hall–Kier alpha value is -7.69. The third-order valence-electron chi connectivity index (χ3n) is 11.6. The van der Waals surface area contributed by atoms with E-state index in [-0.39, 0.29) is 0 Å². The highest BCUT2D eigenvalue weighted by molar-refractivity contribution is 6.27. The molecule has 12 rings (SSSR count). The third-order valence-corrected chi connectivity index (χ3v) is 11.6. The number of hydrogen-bond acceptors (Lipinski definition) is 3. The van der Waals surface area contributed by atoms with Crippen molar-refractivity contribution in [3.63, 3.8) is 0 Å². The van der Waals surface area contributed by atoms with Crippen LogP contribution in [0.1, 0.15) is 0 Å². The monoisotopic (exact) mass is 724 g/mol. The van der Waals surface area contributed by atoms with Gasteiger partial charge in [0.2, 0.25) is 0 Å². The molecule has 0 unspecified atom stereocenters. The fourth-order valence-corrected chi connectivity index (χ4v) is 9.15. The zero-order valence-electron chi connectivity index (χ0n) is 30.8. The van der Waals surface area contributed by atoms with E-state index in [1.807, 2.05) is 36.4 Å². The van der Waals surface area contributed by atoms with Crippen LogP contribution in [0.2, 0.25) is 0 Å². The molecule has 0 fully saturated rings. The van der Waals surface area contributed by atoms with E-state index in [9.17, 15) is 0 Å². The molecule has 57 heavy (non-hydrogen) atoms. The lowest BCUT2D eigenvalue weighted by atomic mass is 9.85. The molecule has 0 amide bonds. The smallest absolute Gasteiger partial charge is 0.164 e. The van der Waals surface area contributed by atoms with Crippen molar-refractivity contribution in [3.8, 4) is 73.2 Å². The third kappa shape index (κ3) is 4.77. The van der Waals surface area contributed by atoms with Crippen molar-refractivity contribution in [3.05, 3.63) is 194 Å². The Morgan fingerprint density at radius 2 is 0.789 bits per heavy atom. The van der Waals surface area contributed by atoms with Gasteiger partial charge in [0.1, 0.15) is 0 Å². The van der Waals surface area contributed by atoms with Gasteiger partial charge in [0, 0.05) is 39.2 Å². The Morgan fingerprint density at radius 3 is 1.44 bits per heavy atom. The van der Waals surface area contributed by atoms with Gasteiger partial charge in [-0.05, 0) is 72.9 Å². The molecule has 0 radical (unpaired) electrons. The van der Waals surface area contributed by atoms with E-state index in [0.717, 1.165) is 38.7 Å². The molecule has 0 N–H and O–H groups in total. The normalized spacial score (nSPS) is 11.9. The topological polar surface area (TPSA) is 43.6 Å². The van der Waals surface area contributed by atoms with Gasteiger partial charge in [-0.15, -0.1) is 0 Å². The first-order chi connectivity index (χ1) is 28.3. The average Bonchev–Trinajstić information content (AvgIpc) is 3.62. The van der Waals surface area contributed by atoms with Crippen LogP contribution in [0, 0.1) is 0 Å². The first kappa shape index (κ1) is 31.6. The lowest BCUT2D eigenvalue weighted by molar-refractivity contribution is 1.07. The molecule has 0 atom stereocenters. The highest BCUT2D eigenvalue weighted by Gasteiger charge is 2.28. The molecule has 0 spiro atoms. The van der Waals surface area contributed by atoms with Crippen molar-refractivity contribution in [1.29, 1.82) is 0 Å². The predicted molar refractivity (Wildman–Crippen MR) is 235 cm³/mol. The van der Waals surface area contributed by atoms with Gasteiger partial charge in [-0.2, -0.15) is 0 Å². The highest BCUT2D eigenvalue weighted by Crippen LogP contribution is 2.53. The van der Waals surface area contributed by atoms with Crippen molar-refractivity contribution < 1.29 is 0 Å². The number of rotatable bonds is 4. The minimum Gasteiger partial charge on any atom is -0.315 e. The molecule has 0 saturated heterocycles. The number of nitrogens with zero attached hydrogens (tertiary/aromatic N) is 4. The number of fused-ring (bicyclic) bond motifs is 11. The van der Waals surface area contributed by atoms with Crippen molar-refractivity contribution >= 4 is 43.2 Å². The Morgan fingerprint density at radius 1 is 0.298 bits per heavy atom. The van der Waals surface area contributed by atoms with E-state index in [1.165, 1.54) is 60.3 Å². The minimum absolute atomic E-state index is 0.643. The van der Waals surface area contributed by atoms with E-state index < -0.39 is 0 Å². The van der Waals surface area contributed by atoms with Crippen LogP contribution in [-0.2, 0) is 0 Å². The van der Waals surface area contributed by atoms with Crippen molar-refractivity contribution in [1.82, 2.24) is 19.5 Å². The number of hydrogen-bond donors (Lipinski definition) is 0. The number of aromatic nitrogens is 4. The van der Waals surface area contributed by atoms with Gasteiger partial charge in [-0.1, -0.05) is 170 Å². The molecule has 1 aliphatic carbocycles. The fourth-order valence-electron chi connectivity index (χ4n) is 9.15. The van der Waals surface area contributed by atoms with Gasteiger partial charge in [-0.3, -0.25) is 0 Å². The van der Waals surface area contributed by atoms with E-state index in [4.69, 9.17) is 15.0 Å². The molecule has 0 saturated carbocycles. The van der Waals surface area contributed by atoms with E-state index in [0.29, 0.717) is 17.5 Å². The van der Waals surface area contributed by atoms with Crippen molar-refractivity contribution in [2.45, 2.75) is 0 Å². The average molecular weight is 725 g/mol. The summed E-state index contributed by atoms with van der Waals surface area (Å²) in [6.45, 7) is 0. The molecule has 9 aromatic carbocycles. The summed E-state index contributed by atoms with van der Waals surface area (Å²) in [4.78, 5) is 15.2. The molecule has 4 heteroatoms. The second kappa shape index (κ2) is 12.4. The van der Waals surface area contributed by atoms with E-state index in [1.54, 1.807) is 0 Å². The van der Waals surface area contributed by atoms with E-state index >= 15 is 0 Å². The SMILES string of the molecule is c1ccc(-c2nc(-c3ccccc3)nc(-c3ccc(-n4cc5c6c(cccc64)-c4c(c6ccccc6c6ccccc46)-c4ccccc4-5)c4ccccc34)n2)cc1. The summed E-state index contributed by atoms with van der Waals surface area (Å²) in [6, 6.07) is 66.9. The standard InChI is InChI=1S/C53H32N4/c1-3-16-33(17-4-1)51-54-52(34-18-5-2-6-19-34)56-53(55-51)43-30-31-46(39-24-11-7-22-37(39)43)57-32-45-38-23-10-14-27-42(38)49-40-25-12-8-20-35(40)36-21-9-13-26-41(36)50(49)44-28-15-29-47(57)48(44)45/h1-32H. The van der Waals surface area contributed by atoms with Gasteiger partial charge in [-0.25, -0.2) is 15.0 Å². The van der Waals surface area contributed by atoms with Gasteiger partial charge >= 0.3 is 0 Å². The van der Waals surface area contributed by atoms with Crippen LogP contribution in [0.15, 0.2) is 194 Å². The maximum atomic E-state index is 5.11. The Kier molecular flexibility index (Phi) is 6.89. The van der Waals surface area contributed by atoms with Crippen LogP contribution < -0.4 is 0 Å². The van der Waals surface area contributed by atoms with Gasteiger partial charge in [0.25, 0.3) is 0 Å². The summed E-state index contributed by atoms with van der Waals surface area (Å²) in [6.07, 6.45) is 2.36. The van der Waals surface area contributed by atoms with E-state index in [2.05, 4.69) is 162 Å². The van der Waals surface area contributed by atoms with Crippen LogP contribution >= 0.6 is 0 Å². The number of benzene rings is 9. The molecule has 2 heterocycles. The molecule has 11 aromatic rings. The van der Waals surface area contributed by atoms with Crippen molar-refractivity contribution in [2.24, 2.45) is 0 Å². The molecule has 0 bridgehead atoms. The van der Waals surface area contributed by atoms with Gasteiger partial charge in [0.05, 0.1) is 11.2 Å². The fraction of sp³-hybridized carbons (Fsp3) is 0. The van der Waals surface area contributed by atoms with Gasteiger partial charge in [0.15, 0.2) is 17.5 Å². The quantitative estimate of drug-likeness (QED) is 0.170. The zero-order chi connectivity index (χ0) is 37.5. The minimum atomic E-state index is 0.643. The van der Waals surface area contributed by atoms with Crippen LogP contribution in [0.5, 0.6) is 0 Å². The molecule has 2 aromatic heterocycles. The summed E-state index contributed by atoms with van der Waals surface area (Å²) in [7, 11) is 0. The summed E-state index contributed by atoms with van der Waals surface area (Å²) in [5.74, 6) is 1.94. The molecule has 4 nitrogen and oxygen atoms in total. The van der Waals surface area contributed by atoms with Crippen LogP contribution in [0.25, 0.3) is 116 Å². The maximum Gasteiger partial charge on any atom is 0.164 e. The highest BCUT2D eigenvalue weighted by atomic mass is 15.0. The molecule has 0 aliphatic heterocycles. The van der Waals surface area contributed by atoms with Crippen LogP contribution in [0.3, 0.4) is 0 Å². The Bertz CT molecular complexity index is 3340. The lowest BCUT2D eigenvalue weighted by Gasteiger charge is -2.19. The molecular weight excluding hydrogens is 693 g/mol. The summed E-state index contributed by atoms with van der Waals surface area (Å²) in [5.41, 5.74) is 12.7. The van der Waals surface area contributed by atoms with Gasteiger partial charge < -0.3 is 4.57 Å². The first-order valence-electron chi connectivity index (χ1n) is 19.4. The second-order valence-corrected chi connectivity index (χ2v) is 14.7. The van der Waals surface area contributed by atoms with Crippen LogP contribution in [-0.4, -0.2) is 19.5 Å². The largest absolute Gasteiger partial charge is 0.315 e. The van der Waals surface area contributed by atoms with Crippen LogP contribution in [0.4, 0.5) is 0 Å².